The average Bonchev–Trinajstić information content (AvgIpc) is 3.63. The predicted octanol–water partition coefficient (Wildman–Crippen LogP) is 2.05. The van der Waals surface area contributed by atoms with Crippen molar-refractivity contribution >= 4 is 27.0 Å². The fraction of sp³-hybridized carbons (Fsp3) is 0.261. The van der Waals surface area contributed by atoms with Crippen LogP contribution in [0.2, 0.25) is 0 Å². The van der Waals surface area contributed by atoms with Gasteiger partial charge in [-0.05, 0) is 62.2 Å². The number of rotatable bonds is 6. The molecule has 0 aliphatic carbocycles. The van der Waals surface area contributed by atoms with E-state index in [1.807, 2.05) is 24.3 Å². The molecule has 2 atom stereocenters. The Kier molecular flexibility index (Phi) is 5.80. The van der Waals surface area contributed by atoms with Crippen LogP contribution in [0.1, 0.15) is 37.1 Å². The molecule has 4 aromatic rings. The first-order chi connectivity index (χ1) is 16.9. The number of carbonyl (C=O) groups excluding carboxylic acids is 1. The molecule has 1 saturated heterocycles. The minimum absolute atomic E-state index is 0.00805. The Morgan fingerprint density at radius 3 is 2.83 bits per heavy atom. The summed E-state index contributed by atoms with van der Waals surface area (Å²) in [6.07, 6.45) is 4.90. The summed E-state index contributed by atoms with van der Waals surface area (Å²) in [5, 5.41) is 17.4. The molecule has 1 aliphatic rings. The number of hydrogen-bond donors (Lipinski definition) is 2. The van der Waals surface area contributed by atoms with Crippen LogP contribution in [0.5, 0.6) is 0 Å². The Morgan fingerprint density at radius 2 is 2.06 bits per heavy atom. The van der Waals surface area contributed by atoms with E-state index in [4.69, 9.17) is 5.26 Å². The molecule has 0 saturated carbocycles. The maximum Gasteiger partial charge on any atom is 0.241 e. The number of hydrogen-bond acceptors (Lipinski definition) is 7. The monoisotopic (exact) mass is 490 g/mol. The number of aromatic nitrogens is 5. The number of fused-ring (bicyclic) bond motifs is 1. The maximum atomic E-state index is 13.2. The van der Waals surface area contributed by atoms with Crippen LogP contribution in [0, 0.1) is 11.3 Å². The standard InChI is InChI=1S/C23H22N8O3S/c1-15(28-35(33,34)18-7-4-16(12-24)5-8-18)23(32)30-10-2-3-22(30)21-13-31(29-27-21)17-6-9-19-20(11-17)26-14-25-19/h4-9,11,13-15,22,28H,2-3,10H2,1H3,(H,25,26). The Bertz CT molecular complexity index is 1530. The molecule has 2 unspecified atom stereocenters. The van der Waals surface area contributed by atoms with Crippen LogP contribution in [0.25, 0.3) is 16.7 Å². The molecule has 3 heterocycles. The molecule has 1 fully saturated rings. The van der Waals surface area contributed by atoms with E-state index in [1.165, 1.54) is 31.2 Å². The van der Waals surface area contributed by atoms with Gasteiger partial charge in [0.2, 0.25) is 15.9 Å². The zero-order valence-electron chi connectivity index (χ0n) is 18.8. The average molecular weight is 491 g/mol. The molecule has 0 bridgehead atoms. The summed E-state index contributed by atoms with van der Waals surface area (Å²) in [6, 6.07) is 11.9. The number of aromatic amines is 1. The van der Waals surface area contributed by atoms with Crippen molar-refractivity contribution in [1.82, 2.24) is 34.6 Å². The lowest BCUT2D eigenvalue weighted by atomic mass is 10.1. The second-order valence-corrected chi connectivity index (χ2v) is 10.1. The molecule has 0 spiro atoms. The zero-order chi connectivity index (χ0) is 24.6. The zero-order valence-corrected chi connectivity index (χ0v) is 19.6. The molecular weight excluding hydrogens is 468 g/mol. The van der Waals surface area contributed by atoms with Crippen molar-refractivity contribution in [2.45, 2.75) is 36.7 Å². The maximum absolute atomic E-state index is 13.2. The highest BCUT2D eigenvalue weighted by Gasteiger charge is 2.35. The van der Waals surface area contributed by atoms with E-state index in [2.05, 4.69) is 25.0 Å². The van der Waals surface area contributed by atoms with E-state index in [9.17, 15) is 13.2 Å². The van der Waals surface area contributed by atoms with Crippen LogP contribution < -0.4 is 4.72 Å². The van der Waals surface area contributed by atoms with Gasteiger partial charge in [-0.2, -0.15) is 9.98 Å². The van der Waals surface area contributed by atoms with Gasteiger partial charge in [-0.15, -0.1) is 5.10 Å². The van der Waals surface area contributed by atoms with Crippen molar-refractivity contribution in [3.8, 4) is 11.8 Å². The van der Waals surface area contributed by atoms with Gasteiger partial charge < -0.3 is 9.88 Å². The largest absolute Gasteiger partial charge is 0.345 e. The first-order valence-corrected chi connectivity index (χ1v) is 12.5. The Balaban J connectivity index is 1.31. The fourth-order valence-corrected chi connectivity index (χ4v) is 5.46. The number of benzene rings is 2. The highest BCUT2D eigenvalue weighted by atomic mass is 32.2. The van der Waals surface area contributed by atoms with Crippen LogP contribution in [0.4, 0.5) is 0 Å². The van der Waals surface area contributed by atoms with Crippen molar-refractivity contribution in [3.05, 3.63) is 66.2 Å². The normalized spacial score (nSPS) is 16.9. The Hall–Kier alpha value is -4.08. The van der Waals surface area contributed by atoms with E-state index in [0.717, 1.165) is 23.1 Å². The SMILES string of the molecule is CC(NS(=O)(=O)c1ccc(C#N)cc1)C(=O)N1CCCC1c1cn(-c2ccc3nc[nH]c3c2)nn1. The molecule has 2 N–H and O–H groups in total. The van der Waals surface area contributed by atoms with E-state index in [-0.39, 0.29) is 16.8 Å². The summed E-state index contributed by atoms with van der Waals surface area (Å²) in [4.78, 5) is 22.1. The van der Waals surface area contributed by atoms with Crippen LogP contribution >= 0.6 is 0 Å². The summed E-state index contributed by atoms with van der Waals surface area (Å²) in [7, 11) is -3.93. The topological polar surface area (TPSA) is 150 Å². The van der Waals surface area contributed by atoms with Gasteiger partial charge in [0.05, 0.1) is 57.9 Å². The lowest BCUT2D eigenvalue weighted by molar-refractivity contribution is -0.133. The molecule has 2 aromatic carbocycles. The number of nitriles is 1. The van der Waals surface area contributed by atoms with E-state index in [1.54, 1.807) is 22.1 Å². The summed E-state index contributed by atoms with van der Waals surface area (Å²) in [5.41, 5.74) is 3.52. The molecule has 0 radical (unpaired) electrons. The highest BCUT2D eigenvalue weighted by Crippen LogP contribution is 2.31. The lowest BCUT2D eigenvalue weighted by Crippen LogP contribution is -2.46. The van der Waals surface area contributed by atoms with E-state index >= 15 is 0 Å². The third-order valence-corrected chi connectivity index (χ3v) is 7.61. The number of nitrogens with zero attached hydrogens (tertiary/aromatic N) is 6. The lowest BCUT2D eigenvalue weighted by Gasteiger charge is -2.26. The minimum Gasteiger partial charge on any atom is -0.345 e. The number of imidazole rings is 1. The number of likely N-dealkylation sites (tertiary alicyclic amines) is 1. The number of amides is 1. The van der Waals surface area contributed by atoms with Crippen molar-refractivity contribution in [2.24, 2.45) is 0 Å². The van der Waals surface area contributed by atoms with Gasteiger partial charge >= 0.3 is 0 Å². The predicted molar refractivity (Wildman–Crippen MR) is 126 cm³/mol. The molecular formula is C23H22N8O3S. The summed E-state index contributed by atoms with van der Waals surface area (Å²) < 4.78 is 29.6. The van der Waals surface area contributed by atoms with Crippen molar-refractivity contribution in [1.29, 1.82) is 5.26 Å². The van der Waals surface area contributed by atoms with Gasteiger partial charge in [0.1, 0.15) is 5.69 Å². The molecule has 35 heavy (non-hydrogen) atoms. The van der Waals surface area contributed by atoms with Crippen LogP contribution in [0.3, 0.4) is 0 Å². The molecule has 12 heteroatoms. The van der Waals surface area contributed by atoms with Crippen LogP contribution in [-0.4, -0.2) is 56.8 Å². The number of H-pyrrole nitrogens is 1. The second kappa shape index (κ2) is 8.94. The molecule has 5 rings (SSSR count). The van der Waals surface area contributed by atoms with Gasteiger partial charge in [-0.1, -0.05) is 5.21 Å². The first kappa shape index (κ1) is 22.7. The smallest absolute Gasteiger partial charge is 0.241 e. The van der Waals surface area contributed by atoms with Gasteiger partial charge in [-0.25, -0.2) is 18.1 Å². The van der Waals surface area contributed by atoms with E-state index < -0.39 is 16.1 Å². The number of carbonyl (C=O) groups is 1. The van der Waals surface area contributed by atoms with Gasteiger partial charge in [0.25, 0.3) is 0 Å². The van der Waals surface area contributed by atoms with Crippen molar-refractivity contribution < 1.29 is 13.2 Å². The number of sulfonamides is 1. The summed E-state index contributed by atoms with van der Waals surface area (Å²) >= 11 is 0. The Morgan fingerprint density at radius 1 is 1.26 bits per heavy atom. The minimum atomic E-state index is -3.93. The van der Waals surface area contributed by atoms with E-state index in [0.29, 0.717) is 24.2 Å². The van der Waals surface area contributed by atoms with Crippen LogP contribution in [0.15, 0.2) is 59.9 Å². The summed E-state index contributed by atoms with van der Waals surface area (Å²) in [5.74, 6) is -0.335. The Labute approximate surface area is 201 Å². The molecule has 1 aliphatic heterocycles. The van der Waals surface area contributed by atoms with Crippen molar-refractivity contribution in [3.63, 3.8) is 0 Å². The third-order valence-electron chi connectivity index (χ3n) is 6.05. The van der Waals surface area contributed by atoms with Gasteiger partial charge in [0, 0.05) is 6.54 Å². The molecule has 11 nitrogen and oxygen atoms in total. The third kappa shape index (κ3) is 4.39. The van der Waals surface area contributed by atoms with Gasteiger partial charge in [-0.3, -0.25) is 4.79 Å². The second-order valence-electron chi connectivity index (χ2n) is 8.36. The fourth-order valence-electron chi connectivity index (χ4n) is 4.27. The van der Waals surface area contributed by atoms with Gasteiger partial charge in [0.15, 0.2) is 0 Å². The quantitative estimate of drug-likeness (QED) is 0.420. The number of nitrogens with one attached hydrogen (secondary N) is 2. The first-order valence-electron chi connectivity index (χ1n) is 11.0. The highest BCUT2D eigenvalue weighted by molar-refractivity contribution is 7.89. The van der Waals surface area contributed by atoms with Crippen LogP contribution in [-0.2, 0) is 14.8 Å². The molecule has 2 aromatic heterocycles. The molecule has 1 amide bonds. The summed E-state index contributed by atoms with van der Waals surface area (Å²) in [6.45, 7) is 2.02. The van der Waals surface area contributed by atoms with Crippen molar-refractivity contribution in [2.75, 3.05) is 6.54 Å². The molecule has 178 valence electrons.